The van der Waals surface area contributed by atoms with Gasteiger partial charge in [0.05, 0.1) is 18.4 Å². The number of carbonyl (C=O) groups excluding carboxylic acids is 1. The van der Waals surface area contributed by atoms with Crippen LogP contribution in [0.1, 0.15) is 5.56 Å². The van der Waals surface area contributed by atoms with Crippen molar-refractivity contribution in [2.75, 3.05) is 44.7 Å². The van der Waals surface area contributed by atoms with Crippen LogP contribution in [0.2, 0.25) is 0 Å². The van der Waals surface area contributed by atoms with Crippen molar-refractivity contribution in [2.45, 2.75) is 6.42 Å². The molecule has 0 N–H and O–H groups in total. The van der Waals surface area contributed by atoms with E-state index in [2.05, 4.69) is 17.0 Å². The molecule has 1 aliphatic rings. The first-order valence-electron chi connectivity index (χ1n) is 9.46. The fourth-order valence-electron chi connectivity index (χ4n) is 3.80. The highest BCUT2D eigenvalue weighted by Crippen LogP contribution is 2.30. The van der Waals surface area contributed by atoms with Gasteiger partial charge in [-0.25, -0.2) is 8.42 Å². The van der Waals surface area contributed by atoms with Crippen molar-refractivity contribution in [1.29, 1.82) is 0 Å². The van der Waals surface area contributed by atoms with Gasteiger partial charge in [0.25, 0.3) is 0 Å². The number of benzene rings is 2. The third-order valence-electron chi connectivity index (χ3n) is 5.39. The van der Waals surface area contributed by atoms with E-state index in [0.29, 0.717) is 39.1 Å². The van der Waals surface area contributed by atoms with E-state index in [1.54, 1.807) is 6.26 Å². The van der Waals surface area contributed by atoms with E-state index >= 15 is 0 Å². The molecule has 1 aliphatic heterocycles. The summed E-state index contributed by atoms with van der Waals surface area (Å²) in [6.07, 6.45) is 3.26. The minimum absolute atomic E-state index is 0.0818. The van der Waals surface area contributed by atoms with Crippen LogP contribution in [0.3, 0.4) is 0 Å². The van der Waals surface area contributed by atoms with E-state index in [1.165, 1.54) is 6.26 Å². The summed E-state index contributed by atoms with van der Waals surface area (Å²) in [5.74, 6) is 0.244. The van der Waals surface area contributed by atoms with E-state index < -0.39 is 9.84 Å². The topological polar surface area (TPSA) is 70.8 Å². The van der Waals surface area contributed by atoms with Gasteiger partial charge < -0.3 is 9.32 Å². The van der Waals surface area contributed by atoms with Gasteiger partial charge in [-0.05, 0) is 16.8 Å². The average molecular weight is 401 g/mol. The lowest BCUT2D eigenvalue weighted by Gasteiger charge is -2.34. The van der Waals surface area contributed by atoms with Gasteiger partial charge in [-0.15, -0.1) is 0 Å². The fourth-order valence-corrected chi connectivity index (χ4v) is 4.38. The van der Waals surface area contributed by atoms with Crippen molar-refractivity contribution >= 4 is 37.5 Å². The van der Waals surface area contributed by atoms with Crippen LogP contribution in [-0.4, -0.2) is 68.9 Å². The summed E-state index contributed by atoms with van der Waals surface area (Å²) in [6.45, 7) is 3.18. The Morgan fingerprint density at radius 3 is 2.57 bits per heavy atom. The summed E-state index contributed by atoms with van der Waals surface area (Å²) in [6, 6.07) is 12.1. The summed E-state index contributed by atoms with van der Waals surface area (Å²) < 4.78 is 28.3. The predicted octanol–water partition coefficient (Wildman–Crippen LogP) is 2.32. The van der Waals surface area contributed by atoms with Gasteiger partial charge in [0.15, 0.2) is 0 Å². The van der Waals surface area contributed by atoms with E-state index in [4.69, 9.17) is 4.42 Å². The number of carbonyl (C=O) groups is 1. The first kappa shape index (κ1) is 19.0. The second kappa shape index (κ2) is 7.56. The van der Waals surface area contributed by atoms with Crippen LogP contribution in [0, 0.1) is 0 Å². The number of nitrogens with zero attached hydrogens (tertiary/aromatic N) is 2. The maximum atomic E-state index is 12.8. The van der Waals surface area contributed by atoms with E-state index in [1.807, 2.05) is 29.2 Å². The molecule has 1 aromatic heterocycles. The second-order valence-electron chi connectivity index (χ2n) is 7.45. The standard InChI is InChI=1S/C21H24N2O4S/c1-28(25,26)13-12-22-8-10-23(11-9-22)20(24)14-17-15-27-19-7-6-16-4-2-3-5-18(16)21(17)19/h2-7,15H,8-14H2,1H3. The van der Waals surface area contributed by atoms with Crippen LogP contribution in [-0.2, 0) is 21.1 Å². The van der Waals surface area contributed by atoms with Gasteiger partial charge in [0, 0.05) is 49.9 Å². The van der Waals surface area contributed by atoms with E-state index in [0.717, 1.165) is 27.3 Å². The number of hydrogen-bond donors (Lipinski definition) is 0. The Labute approximate surface area is 164 Å². The maximum absolute atomic E-state index is 12.8. The van der Waals surface area contributed by atoms with Gasteiger partial charge in [-0.2, -0.15) is 0 Å². The molecule has 0 saturated carbocycles. The molecule has 7 heteroatoms. The molecule has 0 bridgehead atoms. The lowest BCUT2D eigenvalue weighted by atomic mass is 10.0. The van der Waals surface area contributed by atoms with Crippen molar-refractivity contribution in [2.24, 2.45) is 0 Å². The van der Waals surface area contributed by atoms with Crippen LogP contribution >= 0.6 is 0 Å². The van der Waals surface area contributed by atoms with Gasteiger partial charge in [0.1, 0.15) is 15.4 Å². The first-order chi connectivity index (χ1) is 13.4. The van der Waals surface area contributed by atoms with Gasteiger partial charge >= 0.3 is 0 Å². The van der Waals surface area contributed by atoms with Crippen LogP contribution < -0.4 is 0 Å². The number of piperazine rings is 1. The third-order valence-corrected chi connectivity index (χ3v) is 6.31. The molecule has 6 nitrogen and oxygen atoms in total. The monoisotopic (exact) mass is 400 g/mol. The molecule has 1 fully saturated rings. The minimum Gasteiger partial charge on any atom is -0.464 e. The van der Waals surface area contributed by atoms with Crippen LogP contribution in [0.4, 0.5) is 0 Å². The maximum Gasteiger partial charge on any atom is 0.227 e. The Bertz CT molecular complexity index is 1110. The molecule has 2 heterocycles. The molecule has 4 rings (SSSR count). The third kappa shape index (κ3) is 4.05. The highest BCUT2D eigenvalue weighted by Gasteiger charge is 2.23. The van der Waals surface area contributed by atoms with Crippen molar-refractivity contribution in [3.8, 4) is 0 Å². The number of hydrogen-bond acceptors (Lipinski definition) is 5. The summed E-state index contributed by atoms with van der Waals surface area (Å²) >= 11 is 0. The Morgan fingerprint density at radius 2 is 1.82 bits per heavy atom. The summed E-state index contributed by atoms with van der Waals surface area (Å²) in [5, 5.41) is 3.24. The highest BCUT2D eigenvalue weighted by atomic mass is 32.2. The smallest absolute Gasteiger partial charge is 0.227 e. The van der Waals surface area contributed by atoms with Crippen molar-refractivity contribution in [3.05, 3.63) is 48.2 Å². The van der Waals surface area contributed by atoms with E-state index in [-0.39, 0.29) is 11.7 Å². The predicted molar refractivity (Wildman–Crippen MR) is 110 cm³/mol. The molecule has 0 spiro atoms. The normalized spacial score (nSPS) is 16.1. The number of rotatable bonds is 5. The van der Waals surface area contributed by atoms with Gasteiger partial charge in [-0.1, -0.05) is 30.3 Å². The fraction of sp³-hybridized carbons (Fsp3) is 0.381. The number of furan rings is 1. The number of amides is 1. The first-order valence-corrected chi connectivity index (χ1v) is 11.5. The molecule has 0 aliphatic carbocycles. The zero-order valence-electron chi connectivity index (χ0n) is 15.9. The molecular formula is C21H24N2O4S. The molecule has 2 aromatic carbocycles. The molecule has 28 heavy (non-hydrogen) atoms. The molecular weight excluding hydrogens is 376 g/mol. The summed E-state index contributed by atoms with van der Waals surface area (Å²) in [4.78, 5) is 16.8. The molecule has 1 amide bonds. The summed E-state index contributed by atoms with van der Waals surface area (Å²) in [5.41, 5.74) is 1.71. The molecule has 1 saturated heterocycles. The molecule has 0 atom stereocenters. The van der Waals surface area contributed by atoms with Crippen LogP contribution in [0.5, 0.6) is 0 Å². The van der Waals surface area contributed by atoms with Crippen LogP contribution in [0.25, 0.3) is 21.7 Å². The Kier molecular flexibility index (Phi) is 5.12. The lowest BCUT2D eigenvalue weighted by Crippen LogP contribution is -2.50. The van der Waals surface area contributed by atoms with E-state index in [9.17, 15) is 13.2 Å². The SMILES string of the molecule is CS(=O)(=O)CCN1CCN(C(=O)Cc2coc3ccc4ccccc4c23)CC1. The van der Waals surface area contributed by atoms with Gasteiger partial charge in [-0.3, -0.25) is 9.69 Å². The average Bonchev–Trinajstić information content (AvgIpc) is 3.09. The molecule has 148 valence electrons. The van der Waals surface area contributed by atoms with Crippen LogP contribution in [0.15, 0.2) is 47.1 Å². The largest absolute Gasteiger partial charge is 0.464 e. The molecule has 0 unspecified atom stereocenters. The van der Waals surface area contributed by atoms with Crippen molar-refractivity contribution < 1.29 is 17.6 Å². The van der Waals surface area contributed by atoms with Crippen molar-refractivity contribution in [1.82, 2.24) is 9.80 Å². The quantitative estimate of drug-likeness (QED) is 0.657. The Morgan fingerprint density at radius 1 is 1.07 bits per heavy atom. The number of sulfone groups is 1. The summed E-state index contributed by atoms with van der Waals surface area (Å²) in [7, 11) is -2.96. The zero-order chi connectivity index (χ0) is 19.7. The molecule has 0 radical (unpaired) electrons. The van der Waals surface area contributed by atoms with Gasteiger partial charge in [0.2, 0.25) is 5.91 Å². The lowest BCUT2D eigenvalue weighted by molar-refractivity contribution is -0.132. The zero-order valence-corrected chi connectivity index (χ0v) is 16.7. The minimum atomic E-state index is -2.96. The molecule has 3 aromatic rings. The number of fused-ring (bicyclic) bond motifs is 3. The van der Waals surface area contributed by atoms with Crippen molar-refractivity contribution in [3.63, 3.8) is 0 Å². The Hall–Kier alpha value is -2.38. The second-order valence-corrected chi connectivity index (χ2v) is 9.71. The Balaban J connectivity index is 1.44. The highest BCUT2D eigenvalue weighted by molar-refractivity contribution is 7.90.